The quantitative estimate of drug-likeness (QED) is 0.144. The van der Waals surface area contributed by atoms with Crippen LogP contribution in [0.5, 0.6) is 0 Å². The van der Waals surface area contributed by atoms with Gasteiger partial charge in [-0.15, -0.1) is 11.3 Å². The summed E-state index contributed by atoms with van der Waals surface area (Å²) in [5, 5.41) is 12.6. The van der Waals surface area contributed by atoms with Gasteiger partial charge in [0.25, 0.3) is 0 Å². The number of allylic oxidation sites excluding steroid dienone is 2. The highest BCUT2D eigenvalue weighted by atomic mass is 32.1. The van der Waals surface area contributed by atoms with Gasteiger partial charge in [0, 0.05) is 21.6 Å². The molecule has 0 spiro atoms. The molecule has 0 unspecified atom stereocenters. The van der Waals surface area contributed by atoms with Gasteiger partial charge in [0.15, 0.2) is 0 Å². The second kappa shape index (κ2) is 15.7. The number of Topliss-reactive ketones (excluding diaryl/α,β-unsaturated/α-hetero) is 1. The Bertz CT molecular complexity index is 2430. The van der Waals surface area contributed by atoms with Crippen molar-refractivity contribution in [1.29, 1.82) is 0 Å². The van der Waals surface area contributed by atoms with Crippen molar-refractivity contribution in [3.63, 3.8) is 0 Å². The van der Waals surface area contributed by atoms with Crippen LogP contribution in [0.1, 0.15) is 50.6 Å². The molecule has 5 heteroatoms. The van der Waals surface area contributed by atoms with E-state index in [0.29, 0.717) is 17.8 Å². The Balaban J connectivity index is 1.02. The molecule has 0 saturated carbocycles. The van der Waals surface area contributed by atoms with Crippen molar-refractivity contribution in [3.05, 3.63) is 190 Å². The molecule has 4 aromatic carbocycles. The molecule has 0 aliphatic heterocycles. The molecule has 0 fully saturated rings. The second-order valence-corrected chi connectivity index (χ2v) is 14.1. The van der Waals surface area contributed by atoms with Gasteiger partial charge in [0.2, 0.25) is 5.78 Å². The molecular weight excluding hydrogens is 669 g/mol. The maximum Gasteiger partial charge on any atom is 0.207 e. The number of aliphatic hydroxyl groups is 1. The number of hydrogen-bond donors (Lipinski definition) is 1. The Morgan fingerprint density at radius 3 is 1.85 bits per heavy atom. The molecule has 8 rings (SSSR count). The number of carbonyl (C=O) groups is 1. The van der Waals surface area contributed by atoms with Crippen molar-refractivity contribution in [1.82, 2.24) is 9.97 Å². The molecule has 1 N–H and O–H groups in total. The van der Waals surface area contributed by atoms with Crippen LogP contribution in [0.25, 0.3) is 56.9 Å². The van der Waals surface area contributed by atoms with Crippen LogP contribution in [-0.2, 0) is 19.4 Å². The van der Waals surface area contributed by atoms with E-state index in [1.54, 1.807) is 11.3 Å². The smallest absolute Gasteiger partial charge is 0.207 e. The fourth-order valence-corrected chi connectivity index (χ4v) is 7.96. The summed E-state index contributed by atoms with van der Waals surface area (Å²) in [6, 6.07) is 47.3. The zero-order chi connectivity index (χ0) is 36.0. The van der Waals surface area contributed by atoms with Crippen LogP contribution in [0.2, 0.25) is 0 Å². The van der Waals surface area contributed by atoms with Crippen LogP contribution >= 0.6 is 11.3 Å². The van der Waals surface area contributed by atoms with Gasteiger partial charge in [0.1, 0.15) is 5.69 Å². The third-order valence-electron chi connectivity index (χ3n) is 9.77. The summed E-state index contributed by atoms with van der Waals surface area (Å²) in [7, 11) is 0. The number of nitrogens with zero attached hydrogens (tertiary/aromatic N) is 2. The first kappa shape index (κ1) is 34.1. The van der Waals surface area contributed by atoms with Gasteiger partial charge in [-0.2, -0.15) is 0 Å². The van der Waals surface area contributed by atoms with Crippen LogP contribution < -0.4 is 0 Å². The molecule has 4 nitrogen and oxygen atoms in total. The lowest BCUT2D eigenvalue weighted by atomic mass is 9.84. The monoisotopic (exact) mass is 706 g/mol. The highest BCUT2D eigenvalue weighted by Crippen LogP contribution is 2.37. The fourth-order valence-electron chi connectivity index (χ4n) is 7.12. The molecule has 258 valence electrons. The summed E-state index contributed by atoms with van der Waals surface area (Å²) < 4.78 is 0. The van der Waals surface area contributed by atoms with E-state index in [1.807, 2.05) is 91.0 Å². The van der Waals surface area contributed by atoms with Gasteiger partial charge in [-0.25, -0.2) is 4.98 Å². The van der Waals surface area contributed by atoms with E-state index in [0.717, 1.165) is 91.2 Å². The van der Waals surface area contributed by atoms with Crippen LogP contribution in [0.4, 0.5) is 0 Å². The van der Waals surface area contributed by atoms with Crippen molar-refractivity contribution in [2.45, 2.75) is 32.3 Å². The lowest BCUT2D eigenvalue weighted by molar-refractivity contribution is 0.102. The van der Waals surface area contributed by atoms with E-state index in [2.05, 4.69) is 72.1 Å². The minimum Gasteiger partial charge on any atom is -0.390 e. The maximum absolute atomic E-state index is 14.1. The topological polar surface area (TPSA) is 63.1 Å². The third kappa shape index (κ3) is 7.49. The number of aromatic nitrogens is 2. The van der Waals surface area contributed by atoms with Gasteiger partial charge >= 0.3 is 0 Å². The zero-order valence-corrected chi connectivity index (χ0v) is 30.1. The summed E-state index contributed by atoms with van der Waals surface area (Å²) in [6.07, 6.45) is 9.35. The number of aliphatic hydroxyl groups excluding tert-OH is 1. The van der Waals surface area contributed by atoms with Crippen molar-refractivity contribution in [2.75, 3.05) is 0 Å². The number of carbonyl (C=O) groups excluding carboxylic acids is 1. The molecule has 1 aliphatic carbocycles. The summed E-state index contributed by atoms with van der Waals surface area (Å²) in [4.78, 5) is 25.0. The van der Waals surface area contributed by atoms with Crippen LogP contribution in [0, 0.1) is 0 Å². The van der Waals surface area contributed by atoms with Crippen LogP contribution in [0.3, 0.4) is 0 Å². The number of hydrogen-bond acceptors (Lipinski definition) is 5. The molecule has 0 saturated heterocycles. The van der Waals surface area contributed by atoms with Gasteiger partial charge in [-0.3, -0.25) is 9.78 Å². The standard InChI is InChI=1S/C48H38N2O2S/c51-31-46-40(42(34-16-5-1-6-17-34)29-44(49-46)36-20-9-3-10-21-36)24-14-13-15-33-27-39(53-32-33)28-38-25-26-41-43(35-18-7-2-8-19-35)30-45(50-47(41)48(38)52)37-22-11-4-12-23-37/h1-13,15-23,27-30,32,51H,14,24-26,31H2/b15-13-,38-28+. The van der Waals surface area contributed by atoms with E-state index in [1.165, 1.54) is 0 Å². The van der Waals surface area contributed by atoms with Gasteiger partial charge in [-0.1, -0.05) is 133 Å². The third-order valence-corrected chi connectivity index (χ3v) is 10.7. The summed E-state index contributed by atoms with van der Waals surface area (Å²) in [5.74, 6) is 0.00695. The molecule has 0 radical (unpaired) electrons. The number of benzene rings is 4. The Morgan fingerprint density at radius 1 is 0.660 bits per heavy atom. The highest BCUT2D eigenvalue weighted by molar-refractivity contribution is 7.11. The molecular formula is C48H38N2O2S. The van der Waals surface area contributed by atoms with E-state index >= 15 is 0 Å². The first-order valence-corrected chi connectivity index (χ1v) is 18.9. The molecule has 0 bridgehead atoms. The average molecular weight is 707 g/mol. The van der Waals surface area contributed by atoms with Crippen molar-refractivity contribution in [3.8, 4) is 44.8 Å². The number of rotatable bonds is 10. The predicted octanol–water partition coefficient (Wildman–Crippen LogP) is 11.6. The molecule has 3 aromatic heterocycles. The van der Waals surface area contributed by atoms with Crippen molar-refractivity contribution >= 4 is 29.3 Å². The molecule has 53 heavy (non-hydrogen) atoms. The van der Waals surface area contributed by atoms with E-state index < -0.39 is 0 Å². The largest absolute Gasteiger partial charge is 0.390 e. The minimum atomic E-state index is -0.123. The average Bonchev–Trinajstić information content (AvgIpc) is 3.68. The zero-order valence-electron chi connectivity index (χ0n) is 29.3. The predicted molar refractivity (Wildman–Crippen MR) is 218 cm³/mol. The fraction of sp³-hybridized carbons (Fsp3) is 0.104. The highest BCUT2D eigenvalue weighted by Gasteiger charge is 2.27. The van der Waals surface area contributed by atoms with E-state index in [-0.39, 0.29) is 12.4 Å². The second-order valence-electron chi connectivity index (χ2n) is 13.2. The Kier molecular flexibility index (Phi) is 10.1. The maximum atomic E-state index is 14.1. The summed E-state index contributed by atoms with van der Waals surface area (Å²) >= 11 is 1.64. The molecule has 0 atom stereocenters. The van der Waals surface area contributed by atoms with Crippen LogP contribution in [-0.4, -0.2) is 20.9 Å². The van der Waals surface area contributed by atoms with E-state index in [4.69, 9.17) is 9.97 Å². The molecule has 0 amide bonds. The van der Waals surface area contributed by atoms with Crippen molar-refractivity contribution < 1.29 is 9.90 Å². The van der Waals surface area contributed by atoms with E-state index in [9.17, 15) is 9.90 Å². The Labute approximate surface area is 314 Å². The van der Waals surface area contributed by atoms with Gasteiger partial charge in [-0.05, 0) is 94.3 Å². The van der Waals surface area contributed by atoms with Gasteiger partial charge < -0.3 is 5.11 Å². The SMILES string of the molecule is O=C1/C(=C/c2cc(/C=C\CCc3c(-c4ccccc4)cc(-c4ccccc4)nc3CO)cs2)CCc2c(-c3ccccc3)cc(-c3ccccc3)nc21. The summed E-state index contributed by atoms with van der Waals surface area (Å²) in [5.41, 5.74) is 13.3. The van der Waals surface area contributed by atoms with Gasteiger partial charge in [0.05, 0.1) is 23.7 Å². The Morgan fingerprint density at radius 2 is 1.23 bits per heavy atom. The number of ketones is 1. The Hall–Kier alpha value is -6.01. The lowest BCUT2D eigenvalue weighted by Crippen LogP contribution is -2.17. The normalized spacial score (nSPS) is 13.5. The molecule has 1 aliphatic rings. The first-order chi connectivity index (χ1) is 26.1. The number of thiophene rings is 1. The number of pyridine rings is 2. The number of fused-ring (bicyclic) bond motifs is 1. The first-order valence-electron chi connectivity index (χ1n) is 18.0. The van der Waals surface area contributed by atoms with Crippen molar-refractivity contribution in [2.24, 2.45) is 0 Å². The summed E-state index contributed by atoms with van der Waals surface area (Å²) in [6.45, 7) is -0.123. The molecule has 7 aromatic rings. The molecule has 3 heterocycles. The lowest BCUT2D eigenvalue weighted by Gasteiger charge is -2.21. The van der Waals surface area contributed by atoms with Crippen LogP contribution in [0.15, 0.2) is 157 Å². The minimum absolute atomic E-state index is 0.00695.